The fourth-order valence-corrected chi connectivity index (χ4v) is 3.53. The Hall–Kier alpha value is -0.730. The van der Waals surface area contributed by atoms with E-state index in [0.29, 0.717) is 58.9 Å². The van der Waals surface area contributed by atoms with E-state index in [0.717, 1.165) is 0 Å². The van der Waals surface area contributed by atoms with Crippen molar-refractivity contribution in [1.29, 1.82) is 0 Å². The highest BCUT2D eigenvalue weighted by Crippen LogP contribution is 2.16. The van der Waals surface area contributed by atoms with Crippen molar-refractivity contribution in [3.05, 3.63) is 0 Å². The minimum atomic E-state index is -2.76. The molecular formula is C15H33N5O9P2+2. The van der Waals surface area contributed by atoms with Crippen molar-refractivity contribution < 1.29 is 43.0 Å². The Bertz CT molecular complexity index is 543. The molecule has 1 rings (SSSR count). The fraction of sp³-hybridized carbons (Fsp3) is 0.933. The maximum atomic E-state index is 11.2. The Morgan fingerprint density at radius 3 is 1.58 bits per heavy atom. The van der Waals surface area contributed by atoms with Gasteiger partial charge in [-0.15, -0.1) is 18.8 Å². The zero-order chi connectivity index (χ0) is 23.2. The van der Waals surface area contributed by atoms with Gasteiger partial charge in [-0.2, -0.15) is 0 Å². The first-order valence-electron chi connectivity index (χ1n) is 9.77. The molecule has 1 aliphatic heterocycles. The van der Waals surface area contributed by atoms with E-state index in [1.165, 1.54) is 0 Å². The summed E-state index contributed by atoms with van der Waals surface area (Å²) in [6, 6.07) is 0. The minimum absolute atomic E-state index is 0.0935. The number of β-amino-alcohol motifs (C(OH)–C–C–N with tert-alkyl or cyclic N) is 1. The van der Waals surface area contributed by atoms with E-state index in [2.05, 4.69) is 0 Å². The van der Waals surface area contributed by atoms with E-state index in [1.54, 1.807) is 14.7 Å². The van der Waals surface area contributed by atoms with Gasteiger partial charge in [0, 0.05) is 74.6 Å². The van der Waals surface area contributed by atoms with Gasteiger partial charge in [0.05, 0.1) is 12.6 Å². The van der Waals surface area contributed by atoms with Gasteiger partial charge < -0.3 is 15.9 Å². The first-order chi connectivity index (χ1) is 14.7. The molecule has 0 aliphatic carbocycles. The van der Waals surface area contributed by atoms with Gasteiger partial charge in [0.1, 0.15) is 0 Å². The Morgan fingerprint density at radius 2 is 1.23 bits per heavy atom. The summed E-state index contributed by atoms with van der Waals surface area (Å²) in [5.41, 5.74) is 5.52. The number of nitrogens with zero attached hydrogens (tertiary/aromatic N) is 4. The molecule has 0 aromatic carbocycles. The lowest BCUT2D eigenvalue weighted by molar-refractivity contribution is -0.138. The van der Waals surface area contributed by atoms with Crippen LogP contribution in [0.1, 0.15) is 0 Å². The first kappa shape index (κ1) is 28.3. The van der Waals surface area contributed by atoms with Gasteiger partial charge >= 0.3 is 22.5 Å². The number of hydrogen-bond donors (Lipinski definition) is 5. The highest BCUT2D eigenvalue weighted by atomic mass is 31.1. The SMILES string of the molecule is NCC(O)CN1CCN(CO[P+](=O)O)CCN(CC(=O)O)CCN(CO[P+](=O)O)CC1. The van der Waals surface area contributed by atoms with Crippen LogP contribution in [0.25, 0.3) is 0 Å². The van der Waals surface area contributed by atoms with Crippen molar-refractivity contribution in [3.63, 3.8) is 0 Å². The van der Waals surface area contributed by atoms with Gasteiger partial charge in [-0.25, -0.2) is 0 Å². The number of carbonyl (C=O) groups is 1. The summed E-state index contributed by atoms with van der Waals surface area (Å²) in [5, 5.41) is 19.1. The Kier molecular flexibility index (Phi) is 14.6. The zero-order valence-corrected chi connectivity index (χ0v) is 19.1. The number of aliphatic hydroxyl groups excluding tert-OH is 1. The molecule has 6 N–H and O–H groups in total. The fourth-order valence-electron chi connectivity index (χ4n) is 3.00. The molecule has 3 unspecified atom stereocenters. The number of rotatable bonds is 11. The lowest BCUT2D eigenvalue weighted by Gasteiger charge is -2.33. The molecule has 180 valence electrons. The normalized spacial score (nSPS) is 21.2. The largest absolute Gasteiger partial charge is 0.696 e. The van der Waals surface area contributed by atoms with Crippen LogP contribution in [0.4, 0.5) is 0 Å². The van der Waals surface area contributed by atoms with Crippen LogP contribution in [0.3, 0.4) is 0 Å². The second kappa shape index (κ2) is 16.0. The van der Waals surface area contributed by atoms with Gasteiger partial charge in [-0.3, -0.25) is 24.4 Å². The minimum Gasteiger partial charge on any atom is -0.480 e. The average Bonchev–Trinajstić information content (AvgIpc) is 2.69. The maximum absolute atomic E-state index is 11.2. The standard InChI is InChI=1S/C15H31N5O9P2/c16-9-14(21)10-17-1-5-19(12-28-30(24)25)7-3-18(11-15(22)23)4-8-20(6-2-17)13-29-31(26)27/h14,21H,1-13,16H2,(H-2,22,23,24,25,26,27)/p+2. The van der Waals surface area contributed by atoms with Crippen LogP contribution in [-0.4, -0.2) is 137 Å². The second-order valence-corrected chi connectivity index (χ2v) is 8.56. The summed E-state index contributed by atoms with van der Waals surface area (Å²) in [7, 11) is -5.53. The summed E-state index contributed by atoms with van der Waals surface area (Å²) in [6.45, 7) is 3.41. The molecule has 1 aliphatic rings. The van der Waals surface area contributed by atoms with Crippen LogP contribution in [0.15, 0.2) is 0 Å². The van der Waals surface area contributed by atoms with Gasteiger partial charge in [-0.05, 0) is 0 Å². The number of hydrogen-bond acceptors (Lipinski definition) is 11. The quantitative estimate of drug-likeness (QED) is 0.198. The second-order valence-electron chi connectivity index (χ2n) is 7.09. The molecular weight excluding hydrogens is 456 g/mol. The molecule has 31 heavy (non-hydrogen) atoms. The highest BCUT2D eigenvalue weighted by molar-refractivity contribution is 7.32. The summed E-state index contributed by atoms with van der Waals surface area (Å²) < 4.78 is 31.5. The van der Waals surface area contributed by atoms with Gasteiger partial charge in [0.15, 0.2) is 13.5 Å². The number of nitrogens with two attached hydrogens (primary N) is 1. The highest BCUT2D eigenvalue weighted by Gasteiger charge is 2.23. The third-order valence-corrected chi connectivity index (χ3v) is 5.40. The summed E-state index contributed by atoms with van der Waals surface area (Å²) in [4.78, 5) is 36.3. The number of carboxylic acids is 1. The predicted octanol–water partition coefficient (Wildman–Crippen LogP) is -2.14. The van der Waals surface area contributed by atoms with E-state index >= 15 is 0 Å². The molecule has 1 saturated heterocycles. The van der Waals surface area contributed by atoms with Gasteiger partial charge in [0.25, 0.3) is 0 Å². The molecule has 0 amide bonds. The summed E-state index contributed by atoms with van der Waals surface area (Å²) in [5.74, 6) is -0.989. The van der Waals surface area contributed by atoms with E-state index in [1.807, 2.05) is 4.90 Å². The van der Waals surface area contributed by atoms with Crippen molar-refractivity contribution in [2.45, 2.75) is 6.10 Å². The monoisotopic (exact) mass is 489 g/mol. The number of aliphatic carboxylic acids is 1. The van der Waals surface area contributed by atoms with Gasteiger partial charge in [0.2, 0.25) is 0 Å². The lowest BCUT2D eigenvalue weighted by Crippen LogP contribution is -2.48. The summed E-state index contributed by atoms with van der Waals surface area (Å²) >= 11 is 0. The van der Waals surface area contributed by atoms with Crippen LogP contribution in [0.5, 0.6) is 0 Å². The Labute approximate surface area is 183 Å². The molecule has 14 nitrogen and oxygen atoms in total. The zero-order valence-electron chi connectivity index (χ0n) is 17.4. The van der Waals surface area contributed by atoms with Crippen molar-refractivity contribution in [2.24, 2.45) is 5.73 Å². The van der Waals surface area contributed by atoms with E-state index in [9.17, 15) is 24.1 Å². The van der Waals surface area contributed by atoms with Crippen LogP contribution in [0.2, 0.25) is 0 Å². The predicted molar refractivity (Wildman–Crippen MR) is 110 cm³/mol. The van der Waals surface area contributed by atoms with Gasteiger partial charge in [-0.1, -0.05) is 0 Å². The topological polar surface area (TPSA) is 190 Å². The first-order valence-corrected chi connectivity index (χ1v) is 12.0. The van der Waals surface area contributed by atoms with Crippen molar-refractivity contribution in [2.75, 3.05) is 85.5 Å². The smallest absolute Gasteiger partial charge is 0.480 e. The third-order valence-electron chi connectivity index (χ3n) is 4.73. The van der Waals surface area contributed by atoms with E-state index < -0.39 is 28.6 Å². The molecule has 3 atom stereocenters. The number of carboxylic acid groups (broad SMARTS) is 1. The molecule has 0 saturated carbocycles. The molecule has 0 radical (unpaired) electrons. The molecule has 16 heteroatoms. The Balaban J connectivity index is 2.90. The molecule has 1 heterocycles. The third kappa shape index (κ3) is 14.1. The molecule has 0 bridgehead atoms. The average molecular weight is 489 g/mol. The molecule has 0 aromatic rings. The van der Waals surface area contributed by atoms with Crippen molar-refractivity contribution >= 4 is 22.5 Å². The van der Waals surface area contributed by atoms with Crippen LogP contribution in [-0.2, 0) is 23.0 Å². The van der Waals surface area contributed by atoms with Crippen molar-refractivity contribution in [1.82, 2.24) is 19.6 Å². The Morgan fingerprint density at radius 1 is 0.839 bits per heavy atom. The molecule has 0 aromatic heterocycles. The lowest BCUT2D eigenvalue weighted by atomic mass is 10.3. The van der Waals surface area contributed by atoms with Crippen LogP contribution < -0.4 is 5.73 Å². The number of aliphatic hydroxyl groups is 1. The van der Waals surface area contributed by atoms with Crippen LogP contribution in [0, 0.1) is 0 Å². The molecule has 1 fully saturated rings. The molecule has 0 spiro atoms. The van der Waals surface area contributed by atoms with Crippen LogP contribution >= 0.6 is 16.5 Å². The van der Waals surface area contributed by atoms with E-state index in [-0.39, 0.29) is 26.6 Å². The van der Waals surface area contributed by atoms with E-state index in [4.69, 9.17) is 24.6 Å². The van der Waals surface area contributed by atoms with Crippen molar-refractivity contribution in [3.8, 4) is 0 Å². The summed E-state index contributed by atoms with van der Waals surface area (Å²) in [6.07, 6.45) is -0.729. The maximum Gasteiger partial charge on any atom is 0.696 e.